The van der Waals surface area contributed by atoms with Crippen molar-refractivity contribution in [3.63, 3.8) is 0 Å². The Bertz CT molecular complexity index is 237. The minimum absolute atomic E-state index is 0.712. The second-order valence-electron chi connectivity index (χ2n) is 6.46. The van der Waals surface area contributed by atoms with Crippen LogP contribution in [0.3, 0.4) is 0 Å². The van der Waals surface area contributed by atoms with E-state index >= 15 is 0 Å². The maximum Gasteiger partial charge on any atom is 0.0274 e. The summed E-state index contributed by atoms with van der Waals surface area (Å²) in [6, 6.07) is 2.35. The van der Waals surface area contributed by atoms with Crippen LogP contribution in [0.15, 0.2) is 0 Å². The second kappa shape index (κ2) is 5.71. The smallest absolute Gasteiger partial charge is 0.0274 e. The maximum absolute atomic E-state index is 3.74. The third kappa shape index (κ3) is 2.85. The highest BCUT2D eigenvalue weighted by atomic mass is 15.2. The summed E-state index contributed by atoms with van der Waals surface area (Å²) < 4.78 is 0. The topological polar surface area (TPSA) is 15.3 Å². The van der Waals surface area contributed by atoms with Gasteiger partial charge in [0.25, 0.3) is 0 Å². The lowest BCUT2D eigenvalue weighted by Crippen LogP contribution is -2.58. The fourth-order valence-electron chi connectivity index (χ4n) is 4.03. The van der Waals surface area contributed by atoms with Crippen LogP contribution in [0.5, 0.6) is 0 Å². The molecule has 2 saturated carbocycles. The molecule has 1 N–H and O–H groups in total. The van der Waals surface area contributed by atoms with Crippen LogP contribution in [0.4, 0.5) is 0 Å². The lowest BCUT2D eigenvalue weighted by molar-refractivity contribution is 0.0247. The number of nitrogens with zero attached hydrogens (tertiary/aromatic N) is 1. The largest absolute Gasteiger partial charge is 0.313 e. The highest BCUT2D eigenvalue weighted by Gasteiger charge is 2.39. The molecule has 0 spiro atoms. The van der Waals surface area contributed by atoms with Crippen molar-refractivity contribution in [3.8, 4) is 0 Å². The summed E-state index contributed by atoms with van der Waals surface area (Å²) in [4.78, 5) is 2.70. The van der Waals surface area contributed by atoms with Crippen LogP contribution in [0.2, 0.25) is 0 Å². The van der Waals surface area contributed by atoms with E-state index < -0.39 is 0 Å². The van der Waals surface area contributed by atoms with Gasteiger partial charge in [0.05, 0.1) is 0 Å². The summed E-state index contributed by atoms with van der Waals surface area (Å²) in [6.45, 7) is 8.23. The fraction of sp³-hybridized carbons (Fsp3) is 1.00. The normalized spacial score (nSPS) is 39.4. The molecule has 0 radical (unpaired) electrons. The molecule has 4 unspecified atom stereocenters. The zero-order valence-electron chi connectivity index (χ0n) is 12.1. The first kappa shape index (κ1) is 13.4. The molecule has 2 rings (SSSR count). The molecule has 4 atom stereocenters. The van der Waals surface area contributed by atoms with E-state index in [4.69, 9.17) is 0 Å². The van der Waals surface area contributed by atoms with Crippen molar-refractivity contribution in [2.24, 2.45) is 11.8 Å². The summed E-state index contributed by atoms with van der Waals surface area (Å²) in [5.74, 6) is 1.73. The standard InChI is InChI=1S/C15H30N2/c1-5-16-14-10-11(2)9-12(3)15(14)17(4)13-7-6-8-13/h11-16H,5-10H2,1-4H3. The number of hydrogen-bond acceptors (Lipinski definition) is 2. The molecule has 0 bridgehead atoms. The van der Waals surface area contributed by atoms with Gasteiger partial charge in [-0.15, -0.1) is 0 Å². The molecular formula is C15H30N2. The van der Waals surface area contributed by atoms with Crippen molar-refractivity contribution in [3.05, 3.63) is 0 Å². The van der Waals surface area contributed by atoms with Crippen molar-refractivity contribution in [1.82, 2.24) is 10.2 Å². The first-order valence-electron chi connectivity index (χ1n) is 7.58. The zero-order valence-corrected chi connectivity index (χ0v) is 12.1. The molecule has 17 heavy (non-hydrogen) atoms. The van der Waals surface area contributed by atoms with Gasteiger partial charge < -0.3 is 5.32 Å². The van der Waals surface area contributed by atoms with Crippen LogP contribution in [-0.4, -0.2) is 36.6 Å². The van der Waals surface area contributed by atoms with Crippen LogP contribution in [-0.2, 0) is 0 Å². The van der Waals surface area contributed by atoms with Gasteiger partial charge in [0, 0.05) is 18.1 Å². The van der Waals surface area contributed by atoms with Crippen molar-refractivity contribution in [1.29, 1.82) is 0 Å². The van der Waals surface area contributed by atoms with E-state index in [9.17, 15) is 0 Å². The fourth-order valence-corrected chi connectivity index (χ4v) is 4.03. The van der Waals surface area contributed by atoms with Gasteiger partial charge in [-0.3, -0.25) is 4.90 Å². The maximum atomic E-state index is 3.74. The zero-order chi connectivity index (χ0) is 12.4. The van der Waals surface area contributed by atoms with E-state index in [-0.39, 0.29) is 0 Å². The quantitative estimate of drug-likeness (QED) is 0.810. The SMILES string of the molecule is CCNC1CC(C)CC(C)C1N(C)C1CCC1. The molecule has 2 heteroatoms. The summed E-state index contributed by atoms with van der Waals surface area (Å²) in [5.41, 5.74) is 0. The Morgan fingerprint density at radius 3 is 2.41 bits per heavy atom. The van der Waals surface area contributed by atoms with Crippen LogP contribution < -0.4 is 5.32 Å². The minimum Gasteiger partial charge on any atom is -0.313 e. The first-order valence-corrected chi connectivity index (χ1v) is 7.58. The number of rotatable bonds is 4. The number of nitrogens with one attached hydrogen (secondary N) is 1. The van der Waals surface area contributed by atoms with E-state index in [0.717, 1.165) is 30.5 Å². The molecule has 0 aromatic rings. The predicted molar refractivity (Wildman–Crippen MR) is 74.2 cm³/mol. The monoisotopic (exact) mass is 238 g/mol. The summed E-state index contributed by atoms with van der Waals surface area (Å²) in [6.07, 6.45) is 7.06. The van der Waals surface area contributed by atoms with Crippen molar-refractivity contribution in [2.75, 3.05) is 13.6 Å². The van der Waals surface area contributed by atoms with Crippen molar-refractivity contribution in [2.45, 2.75) is 71.0 Å². The van der Waals surface area contributed by atoms with Crippen LogP contribution in [0.25, 0.3) is 0 Å². The Kier molecular flexibility index (Phi) is 4.48. The average Bonchev–Trinajstić information content (AvgIpc) is 2.13. The molecule has 0 aromatic carbocycles. The van der Waals surface area contributed by atoms with Gasteiger partial charge in [0.15, 0.2) is 0 Å². The van der Waals surface area contributed by atoms with Gasteiger partial charge in [0.1, 0.15) is 0 Å². The highest BCUT2D eigenvalue weighted by Crippen LogP contribution is 2.35. The molecule has 2 nitrogen and oxygen atoms in total. The molecule has 0 saturated heterocycles. The third-order valence-electron chi connectivity index (χ3n) is 5.01. The van der Waals surface area contributed by atoms with Crippen molar-refractivity contribution >= 4 is 0 Å². The van der Waals surface area contributed by atoms with E-state index in [0.29, 0.717) is 6.04 Å². The summed E-state index contributed by atoms with van der Waals surface area (Å²) in [5, 5.41) is 3.74. The molecule has 0 amide bonds. The van der Waals surface area contributed by atoms with Gasteiger partial charge in [-0.05, 0) is 51.1 Å². The lowest BCUT2D eigenvalue weighted by Gasteiger charge is -2.49. The number of likely N-dealkylation sites (N-methyl/N-ethyl adjacent to an activating group) is 2. The Morgan fingerprint density at radius 2 is 1.88 bits per heavy atom. The van der Waals surface area contributed by atoms with Crippen LogP contribution in [0.1, 0.15) is 52.9 Å². The highest BCUT2D eigenvalue weighted by molar-refractivity contribution is 4.96. The third-order valence-corrected chi connectivity index (χ3v) is 5.01. The van der Waals surface area contributed by atoms with Gasteiger partial charge in [-0.25, -0.2) is 0 Å². The molecule has 2 aliphatic carbocycles. The predicted octanol–water partition coefficient (Wildman–Crippen LogP) is 2.88. The van der Waals surface area contributed by atoms with E-state index in [1.54, 1.807) is 0 Å². The van der Waals surface area contributed by atoms with Crippen LogP contribution >= 0.6 is 0 Å². The van der Waals surface area contributed by atoms with Gasteiger partial charge in [0.2, 0.25) is 0 Å². The lowest BCUT2D eigenvalue weighted by atomic mass is 9.74. The molecule has 0 aromatic heterocycles. The Hall–Kier alpha value is -0.0800. The van der Waals surface area contributed by atoms with Gasteiger partial charge in [-0.2, -0.15) is 0 Å². The van der Waals surface area contributed by atoms with E-state index in [1.807, 2.05) is 0 Å². The molecule has 0 heterocycles. The Morgan fingerprint density at radius 1 is 1.18 bits per heavy atom. The first-order chi connectivity index (χ1) is 8.13. The second-order valence-corrected chi connectivity index (χ2v) is 6.46. The Labute approximate surface area is 107 Å². The molecule has 100 valence electrons. The number of hydrogen-bond donors (Lipinski definition) is 1. The van der Waals surface area contributed by atoms with Gasteiger partial charge in [-0.1, -0.05) is 27.2 Å². The van der Waals surface area contributed by atoms with Crippen LogP contribution in [0, 0.1) is 11.8 Å². The summed E-state index contributed by atoms with van der Waals surface area (Å²) >= 11 is 0. The molecule has 2 aliphatic rings. The minimum atomic E-state index is 0.712. The Balaban J connectivity index is 2.03. The molecule has 0 aliphatic heterocycles. The van der Waals surface area contributed by atoms with Gasteiger partial charge >= 0.3 is 0 Å². The van der Waals surface area contributed by atoms with E-state index in [1.165, 1.54) is 32.1 Å². The van der Waals surface area contributed by atoms with E-state index in [2.05, 4.69) is 38.0 Å². The summed E-state index contributed by atoms with van der Waals surface area (Å²) in [7, 11) is 2.37. The van der Waals surface area contributed by atoms with Crippen molar-refractivity contribution < 1.29 is 0 Å². The molecular weight excluding hydrogens is 208 g/mol. The molecule has 2 fully saturated rings. The average molecular weight is 238 g/mol.